The number of hydrogen-bond acceptors (Lipinski definition) is 2. The number of likely N-dealkylation sites (tertiary alicyclic amines) is 1. The summed E-state index contributed by atoms with van der Waals surface area (Å²) in [7, 11) is 0. The first-order valence-electron chi connectivity index (χ1n) is 7.92. The molecular weight excluding hydrogens is 248 g/mol. The number of carbonyl (C=O) groups is 1. The van der Waals surface area contributed by atoms with E-state index in [4.69, 9.17) is 0 Å². The number of nitrogens with one attached hydrogen (secondary N) is 1. The summed E-state index contributed by atoms with van der Waals surface area (Å²) < 4.78 is 0. The minimum absolute atomic E-state index is 0.267. The van der Waals surface area contributed by atoms with Crippen LogP contribution in [0.25, 0.3) is 0 Å². The van der Waals surface area contributed by atoms with Gasteiger partial charge in [-0.1, -0.05) is 43.2 Å². The lowest BCUT2D eigenvalue weighted by Gasteiger charge is -2.26. The van der Waals surface area contributed by atoms with Crippen molar-refractivity contribution >= 4 is 5.91 Å². The van der Waals surface area contributed by atoms with Gasteiger partial charge < -0.3 is 10.2 Å². The van der Waals surface area contributed by atoms with Gasteiger partial charge in [0.25, 0.3) is 0 Å². The highest BCUT2D eigenvalue weighted by molar-refractivity contribution is 5.79. The number of carbonyl (C=O) groups excluding carboxylic acids is 1. The average molecular weight is 272 g/mol. The molecule has 1 amide bonds. The highest BCUT2D eigenvalue weighted by Crippen LogP contribution is 2.31. The predicted molar refractivity (Wildman–Crippen MR) is 80.4 cm³/mol. The van der Waals surface area contributed by atoms with Gasteiger partial charge in [-0.25, -0.2) is 0 Å². The van der Waals surface area contributed by atoms with Crippen LogP contribution in [0.3, 0.4) is 0 Å². The van der Waals surface area contributed by atoms with Crippen molar-refractivity contribution in [1.29, 1.82) is 0 Å². The average Bonchev–Trinajstić information content (AvgIpc) is 3.17. The van der Waals surface area contributed by atoms with E-state index in [-0.39, 0.29) is 11.9 Å². The number of hydrogen-bond donors (Lipinski definition) is 1. The third-order valence-electron chi connectivity index (χ3n) is 4.65. The Kier molecular flexibility index (Phi) is 4.36. The van der Waals surface area contributed by atoms with Crippen LogP contribution in [-0.2, 0) is 4.79 Å². The van der Waals surface area contributed by atoms with Crippen LogP contribution in [0.2, 0.25) is 0 Å². The summed E-state index contributed by atoms with van der Waals surface area (Å²) in [5, 5.41) is 3.44. The van der Waals surface area contributed by atoms with E-state index in [2.05, 4.69) is 34.5 Å². The van der Waals surface area contributed by atoms with Crippen molar-refractivity contribution in [2.45, 2.75) is 50.6 Å². The maximum absolute atomic E-state index is 12.4. The van der Waals surface area contributed by atoms with Crippen molar-refractivity contribution in [2.24, 2.45) is 0 Å². The second-order valence-electron chi connectivity index (χ2n) is 6.02. The molecule has 1 N–H and O–H groups in total. The molecule has 0 bridgehead atoms. The molecule has 1 atom stereocenters. The van der Waals surface area contributed by atoms with Gasteiger partial charge in [-0.05, 0) is 31.2 Å². The summed E-state index contributed by atoms with van der Waals surface area (Å²) in [6.07, 6.45) is 7.29. The van der Waals surface area contributed by atoms with Gasteiger partial charge >= 0.3 is 0 Å². The van der Waals surface area contributed by atoms with E-state index in [0.29, 0.717) is 12.6 Å². The molecule has 1 aliphatic carbocycles. The van der Waals surface area contributed by atoms with Crippen LogP contribution in [-0.4, -0.2) is 29.9 Å². The van der Waals surface area contributed by atoms with E-state index < -0.39 is 0 Å². The van der Waals surface area contributed by atoms with Gasteiger partial charge in [0, 0.05) is 12.6 Å². The van der Waals surface area contributed by atoms with Gasteiger partial charge in [0.1, 0.15) is 0 Å². The quantitative estimate of drug-likeness (QED) is 0.914. The molecule has 0 aromatic heterocycles. The summed E-state index contributed by atoms with van der Waals surface area (Å²) in [4.78, 5) is 14.5. The molecule has 3 heteroatoms. The monoisotopic (exact) mass is 272 g/mol. The lowest BCUT2D eigenvalue weighted by molar-refractivity contribution is -0.131. The zero-order chi connectivity index (χ0) is 13.8. The molecule has 1 saturated heterocycles. The van der Waals surface area contributed by atoms with Gasteiger partial charge in [-0.15, -0.1) is 0 Å². The predicted octanol–water partition coefficient (Wildman–Crippen LogP) is 2.88. The van der Waals surface area contributed by atoms with E-state index in [1.807, 2.05) is 6.07 Å². The summed E-state index contributed by atoms with van der Waals surface area (Å²) in [5.41, 5.74) is 1.28. The van der Waals surface area contributed by atoms with Crippen LogP contribution >= 0.6 is 0 Å². The number of rotatable bonds is 4. The highest BCUT2D eigenvalue weighted by Gasteiger charge is 2.29. The Morgan fingerprint density at radius 1 is 1.10 bits per heavy atom. The first-order chi connectivity index (χ1) is 9.84. The molecule has 0 radical (unpaired) electrons. The fourth-order valence-electron chi connectivity index (χ4n) is 3.55. The zero-order valence-electron chi connectivity index (χ0n) is 12.1. The molecule has 1 aromatic carbocycles. The standard InChI is InChI=1S/C17H24N2O/c20-17(13-18-15-9-4-5-10-15)19-12-6-11-16(19)14-7-2-1-3-8-14/h1-3,7-8,15-16,18H,4-6,9-13H2. The van der Waals surface area contributed by atoms with Crippen LogP contribution in [0.4, 0.5) is 0 Å². The maximum Gasteiger partial charge on any atom is 0.237 e. The van der Waals surface area contributed by atoms with Crippen LogP contribution in [0, 0.1) is 0 Å². The second kappa shape index (κ2) is 6.40. The molecular formula is C17H24N2O. The highest BCUT2D eigenvalue weighted by atomic mass is 16.2. The second-order valence-corrected chi connectivity index (χ2v) is 6.02. The molecule has 2 aliphatic rings. The summed E-state index contributed by atoms with van der Waals surface area (Å²) >= 11 is 0. The fourth-order valence-corrected chi connectivity index (χ4v) is 3.55. The number of nitrogens with zero attached hydrogens (tertiary/aromatic N) is 1. The molecule has 1 saturated carbocycles. The van der Waals surface area contributed by atoms with Crippen molar-refractivity contribution < 1.29 is 4.79 Å². The van der Waals surface area contributed by atoms with Gasteiger partial charge in [0.15, 0.2) is 0 Å². The van der Waals surface area contributed by atoms with E-state index in [0.717, 1.165) is 19.4 Å². The zero-order valence-corrected chi connectivity index (χ0v) is 12.1. The van der Waals surface area contributed by atoms with Crippen LogP contribution in [0.5, 0.6) is 0 Å². The molecule has 1 aromatic rings. The Hall–Kier alpha value is -1.35. The van der Waals surface area contributed by atoms with Crippen molar-refractivity contribution in [3.05, 3.63) is 35.9 Å². The van der Waals surface area contributed by atoms with Crippen LogP contribution < -0.4 is 5.32 Å². The van der Waals surface area contributed by atoms with Crippen molar-refractivity contribution in [3.63, 3.8) is 0 Å². The third kappa shape index (κ3) is 3.04. The fraction of sp³-hybridized carbons (Fsp3) is 0.588. The lowest BCUT2D eigenvalue weighted by Crippen LogP contribution is -2.40. The largest absolute Gasteiger partial charge is 0.335 e. The maximum atomic E-state index is 12.4. The topological polar surface area (TPSA) is 32.3 Å². The van der Waals surface area contributed by atoms with Gasteiger partial charge in [0.2, 0.25) is 5.91 Å². The first kappa shape index (κ1) is 13.6. The Morgan fingerprint density at radius 3 is 2.60 bits per heavy atom. The Labute approximate surface area is 121 Å². The smallest absolute Gasteiger partial charge is 0.237 e. The van der Waals surface area contributed by atoms with Gasteiger partial charge in [-0.2, -0.15) is 0 Å². The molecule has 108 valence electrons. The SMILES string of the molecule is O=C(CNC1CCCC1)N1CCCC1c1ccccc1. The molecule has 20 heavy (non-hydrogen) atoms. The van der Waals surface area contributed by atoms with E-state index in [1.54, 1.807) is 0 Å². The van der Waals surface area contributed by atoms with Gasteiger partial charge in [0.05, 0.1) is 12.6 Å². The molecule has 2 fully saturated rings. The van der Waals surface area contributed by atoms with E-state index in [1.165, 1.54) is 31.2 Å². The first-order valence-corrected chi connectivity index (χ1v) is 7.92. The molecule has 3 rings (SSSR count). The minimum atomic E-state index is 0.267. The van der Waals surface area contributed by atoms with Crippen molar-refractivity contribution in [1.82, 2.24) is 10.2 Å². The van der Waals surface area contributed by atoms with Crippen LogP contribution in [0.15, 0.2) is 30.3 Å². The summed E-state index contributed by atoms with van der Waals surface area (Å²) in [5.74, 6) is 0.267. The Bertz CT molecular complexity index is 440. The van der Waals surface area contributed by atoms with Crippen molar-refractivity contribution in [2.75, 3.05) is 13.1 Å². The lowest BCUT2D eigenvalue weighted by atomic mass is 10.0. The summed E-state index contributed by atoms with van der Waals surface area (Å²) in [6.45, 7) is 1.42. The van der Waals surface area contributed by atoms with Crippen LogP contribution in [0.1, 0.15) is 50.1 Å². The molecule has 3 nitrogen and oxygen atoms in total. The molecule has 1 unspecified atom stereocenters. The molecule has 1 heterocycles. The normalized spacial score (nSPS) is 23.4. The van der Waals surface area contributed by atoms with Crippen molar-refractivity contribution in [3.8, 4) is 0 Å². The van der Waals surface area contributed by atoms with E-state index >= 15 is 0 Å². The van der Waals surface area contributed by atoms with Gasteiger partial charge in [-0.3, -0.25) is 4.79 Å². The Balaban J connectivity index is 1.58. The molecule has 1 aliphatic heterocycles. The minimum Gasteiger partial charge on any atom is -0.335 e. The van der Waals surface area contributed by atoms with E-state index in [9.17, 15) is 4.79 Å². The third-order valence-corrected chi connectivity index (χ3v) is 4.65. The Morgan fingerprint density at radius 2 is 1.85 bits per heavy atom. The number of benzene rings is 1. The summed E-state index contributed by atoms with van der Waals surface area (Å²) in [6, 6.07) is 11.3. The molecule has 0 spiro atoms. The number of amides is 1.